The molecule has 1 heterocycles. The molecule has 0 aromatic heterocycles. The molecule has 1 atom stereocenters. The molecule has 0 radical (unpaired) electrons. The Bertz CT molecular complexity index is 148. The summed E-state index contributed by atoms with van der Waals surface area (Å²) < 4.78 is 0. The SMILES string of the molecule is CCCC(C)(C)CNC1CCCNC1. The lowest BCUT2D eigenvalue weighted by atomic mass is 9.87. The Kier molecular flexibility index (Phi) is 4.90. The van der Waals surface area contributed by atoms with Crippen LogP contribution >= 0.6 is 0 Å². The van der Waals surface area contributed by atoms with Gasteiger partial charge in [-0.25, -0.2) is 0 Å². The summed E-state index contributed by atoms with van der Waals surface area (Å²) in [7, 11) is 0. The maximum absolute atomic E-state index is 3.68. The van der Waals surface area contributed by atoms with Gasteiger partial charge in [0.05, 0.1) is 0 Å². The Labute approximate surface area is 88.8 Å². The first kappa shape index (κ1) is 12.0. The van der Waals surface area contributed by atoms with Gasteiger partial charge in [-0.2, -0.15) is 0 Å². The van der Waals surface area contributed by atoms with Gasteiger partial charge < -0.3 is 10.6 Å². The molecule has 0 aromatic carbocycles. The second-order valence-corrected chi connectivity index (χ2v) is 5.34. The van der Waals surface area contributed by atoms with Crippen LogP contribution in [0.15, 0.2) is 0 Å². The highest BCUT2D eigenvalue weighted by Crippen LogP contribution is 2.21. The van der Waals surface area contributed by atoms with E-state index >= 15 is 0 Å². The third-order valence-electron chi connectivity index (χ3n) is 3.09. The summed E-state index contributed by atoms with van der Waals surface area (Å²) >= 11 is 0. The van der Waals surface area contributed by atoms with E-state index in [-0.39, 0.29) is 0 Å². The highest BCUT2D eigenvalue weighted by molar-refractivity contribution is 4.79. The van der Waals surface area contributed by atoms with E-state index in [1.165, 1.54) is 32.2 Å². The van der Waals surface area contributed by atoms with Crippen molar-refractivity contribution in [3.05, 3.63) is 0 Å². The molecule has 0 aromatic rings. The van der Waals surface area contributed by atoms with Gasteiger partial charge >= 0.3 is 0 Å². The van der Waals surface area contributed by atoms with E-state index in [0.29, 0.717) is 11.5 Å². The first-order chi connectivity index (χ1) is 6.64. The van der Waals surface area contributed by atoms with Crippen molar-refractivity contribution in [1.82, 2.24) is 10.6 Å². The van der Waals surface area contributed by atoms with Gasteiger partial charge in [-0.3, -0.25) is 0 Å². The second-order valence-electron chi connectivity index (χ2n) is 5.34. The molecule has 1 aliphatic heterocycles. The fraction of sp³-hybridized carbons (Fsp3) is 1.00. The molecule has 1 saturated heterocycles. The van der Waals surface area contributed by atoms with Crippen LogP contribution in [0.1, 0.15) is 46.5 Å². The van der Waals surface area contributed by atoms with E-state index in [9.17, 15) is 0 Å². The smallest absolute Gasteiger partial charge is 0.0193 e. The maximum atomic E-state index is 3.68. The molecule has 0 amide bonds. The summed E-state index contributed by atoms with van der Waals surface area (Å²) in [6, 6.07) is 0.708. The Morgan fingerprint density at radius 3 is 2.79 bits per heavy atom. The number of piperidine rings is 1. The first-order valence-corrected chi connectivity index (χ1v) is 6.08. The molecule has 2 N–H and O–H groups in total. The predicted octanol–water partition coefficient (Wildman–Crippen LogP) is 2.15. The molecule has 0 bridgehead atoms. The van der Waals surface area contributed by atoms with Crippen molar-refractivity contribution in [2.45, 2.75) is 52.5 Å². The molecule has 2 nitrogen and oxygen atoms in total. The Morgan fingerprint density at radius 1 is 1.43 bits per heavy atom. The number of hydrogen-bond acceptors (Lipinski definition) is 2. The minimum atomic E-state index is 0.464. The van der Waals surface area contributed by atoms with Gasteiger partial charge in [0.1, 0.15) is 0 Å². The van der Waals surface area contributed by atoms with E-state index in [1.807, 2.05) is 0 Å². The van der Waals surface area contributed by atoms with Gasteiger partial charge in [0, 0.05) is 19.1 Å². The van der Waals surface area contributed by atoms with Crippen LogP contribution in [0.25, 0.3) is 0 Å². The van der Waals surface area contributed by atoms with Crippen molar-refractivity contribution >= 4 is 0 Å². The van der Waals surface area contributed by atoms with Crippen molar-refractivity contribution in [3.8, 4) is 0 Å². The molecule has 0 saturated carbocycles. The predicted molar refractivity (Wildman–Crippen MR) is 62.6 cm³/mol. The van der Waals surface area contributed by atoms with Crippen LogP contribution in [0.5, 0.6) is 0 Å². The van der Waals surface area contributed by atoms with Crippen molar-refractivity contribution in [3.63, 3.8) is 0 Å². The molecule has 0 spiro atoms. The normalized spacial score (nSPS) is 23.8. The molecule has 84 valence electrons. The van der Waals surface area contributed by atoms with Crippen LogP contribution in [-0.4, -0.2) is 25.7 Å². The van der Waals surface area contributed by atoms with Crippen LogP contribution in [0.4, 0.5) is 0 Å². The van der Waals surface area contributed by atoms with E-state index < -0.39 is 0 Å². The Balaban J connectivity index is 2.17. The minimum Gasteiger partial charge on any atom is -0.315 e. The summed E-state index contributed by atoms with van der Waals surface area (Å²) in [6.45, 7) is 10.5. The lowest BCUT2D eigenvalue weighted by Crippen LogP contribution is -2.46. The maximum Gasteiger partial charge on any atom is 0.0193 e. The summed E-state index contributed by atoms with van der Waals surface area (Å²) in [6.07, 6.45) is 5.28. The largest absolute Gasteiger partial charge is 0.315 e. The molecular formula is C12H26N2. The van der Waals surface area contributed by atoms with E-state index in [4.69, 9.17) is 0 Å². The topological polar surface area (TPSA) is 24.1 Å². The molecule has 1 aliphatic rings. The molecule has 1 fully saturated rings. The highest BCUT2D eigenvalue weighted by atomic mass is 15.0. The van der Waals surface area contributed by atoms with Crippen molar-refractivity contribution in [2.75, 3.05) is 19.6 Å². The molecule has 0 aliphatic carbocycles. The average molecular weight is 198 g/mol. The van der Waals surface area contributed by atoms with E-state index in [1.54, 1.807) is 0 Å². The van der Waals surface area contributed by atoms with E-state index in [0.717, 1.165) is 13.1 Å². The zero-order chi connectivity index (χ0) is 10.4. The summed E-state index contributed by atoms with van der Waals surface area (Å²) in [5, 5.41) is 7.12. The third-order valence-corrected chi connectivity index (χ3v) is 3.09. The quantitative estimate of drug-likeness (QED) is 0.707. The summed E-state index contributed by atoms with van der Waals surface area (Å²) in [5.74, 6) is 0. The zero-order valence-electron chi connectivity index (χ0n) is 10.0. The van der Waals surface area contributed by atoms with Gasteiger partial charge in [0.2, 0.25) is 0 Å². The fourth-order valence-corrected chi connectivity index (χ4v) is 2.21. The van der Waals surface area contributed by atoms with Crippen LogP contribution < -0.4 is 10.6 Å². The average Bonchev–Trinajstić information content (AvgIpc) is 2.17. The van der Waals surface area contributed by atoms with Gasteiger partial charge in [-0.1, -0.05) is 27.2 Å². The van der Waals surface area contributed by atoms with Crippen LogP contribution in [0.3, 0.4) is 0 Å². The standard InChI is InChI=1S/C12H26N2/c1-4-7-12(2,3)10-14-11-6-5-8-13-9-11/h11,13-14H,4-10H2,1-3H3. The molecular weight excluding hydrogens is 172 g/mol. The van der Waals surface area contributed by atoms with Crippen LogP contribution in [-0.2, 0) is 0 Å². The van der Waals surface area contributed by atoms with Gasteiger partial charge in [-0.15, -0.1) is 0 Å². The summed E-state index contributed by atoms with van der Waals surface area (Å²) in [5.41, 5.74) is 0.464. The molecule has 14 heavy (non-hydrogen) atoms. The van der Waals surface area contributed by atoms with Gasteiger partial charge in [0.25, 0.3) is 0 Å². The number of hydrogen-bond donors (Lipinski definition) is 2. The second kappa shape index (κ2) is 5.72. The summed E-state index contributed by atoms with van der Waals surface area (Å²) in [4.78, 5) is 0. The lowest BCUT2D eigenvalue weighted by Gasteiger charge is -2.30. The Morgan fingerprint density at radius 2 is 2.21 bits per heavy atom. The number of nitrogens with one attached hydrogen (secondary N) is 2. The van der Waals surface area contributed by atoms with Crippen LogP contribution in [0, 0.1) is 5.41 Å². The molecule has 1 rings (SSSR count). The molecule has 1 unspecified atom stereocenters. The van der Waals surface area contributed by atoms with Crippen molar-refractivity contribution in [2.24, 2.45) is 5.41 Å². The third kappa shape index (κ3) is 4.43. The highest BCUT2D eigenvalue weighted by Gasteiger charge is 2.19. The van der Waals surface area contributed by atoms with E-state index in [2.05, 4.69) is 31.4 Å². The van der Waals surface area contributed by atoms with Gasteiger partial charge in [-0.05, 0) is 31.2 Å². The van der Waals surface area contributed by atoms with Crippen LogP contribution in [0.2, 0.25) is 0 Å². The Hall–Kier alpha value is -0.0800. The van der Waals surface area contributed by atoms with Crippen molar-refractivity contribution in [1.29, 1.82) is 0 Å². The van der Waals surface area contributed by atoms with Gasteiger partial charge in [0.15, 0.2) is 0 Å². The zero-order valence-corrected chi connectivity index (χ0v) is 10.0. The fourth-order valence-electron chi connectivity index (χ4n) is 2.21. The monoisotopic (exact) mass is 198 g/mol. The first-order valence-electron chi connectivity index (χ1n) is 6.08. The number of rotatable bonds is 5. The molecule has 2 heteroatoms. The minimum absolute atomic E-state index is 0.464. The lowest BCUT2D eigenvalue weighted by molar-refractivity contribution is 0.276. The van der Waals surface area contributed by atoms with Crippen molar-refractivity contribution < 1.29 is 0 Å².